The molecule has 10 heteroatoms. The number of nitrogens with zero attached hydrogens (tertiary/aromatic N) is 4. The molecule has 10 nitrogen and oxygen atoms in total. The molecule has 0 bridgehead atoms. The summed E-state index contributed by atoms with van der Waals surface area (Å²) < 4.78 is 5.35. The van der Waals surface area contributed by atoms with Gasteiger partial charge in [-0.3, -0.25) is 14.9 Å². The summed E-state index contributed by atoms with van der Waals surface area (Å²) in [4.78, 5) is 36.1. The number of rotatable bonds is 24. The van der Waals surface area contributed by atoms with E-state index in [0.29, 0.717) is 12.2 Å². The van der Waals surface area contributed by atoms with Gasteiger partial charge in [-0.2, -0.15) is 5.11 Å². The number of carboxylic acids is 1. The van der Waals surface area contributed by atoms with Gasteiger partial charge in [0.15, 0.2) is 5.69 Å². The lowest BCUT2D eigenvalue weighted by Crippen LogP contribution is -2.20. The van der Waals surface area contributed by atoms with Gasteiger partial charge < -0.3 is 14.7 Å². The predicted octanol–water partition coefficient (Wildman–Crippen LogP) is 9.95. The number of carbonyl (C=O) groups excluding carboxylic acids is 1. The number of azo groups is 1. The van der Waals surface area contributed by atoms with Crippen LogP contribution in [0.15, 0.2) is 52.7 Å². The Morgan fingerprint density at radius 3 is 1.89 bits per heavy atom. The highest BCUT2D eigenvalue weighted by Gasteiger charge is 2.18. The highest BCUT2D eigenvalue weighted by Crippen LogP contribution is 2.31. The number of unbranched alkanes of at least 4 members (excludes halogenated alkanes) is 14. The number of hydrogen-bond acceptors (Lipinski definition) is 8. The summed E-state index contributed by atoms with van der Waals surface area (Å²) in [6.45, 7) is 2.90. The van der Waals surface area contributed by atoms with Gasteiger partial charge in [-0.25, -0.2) is 4.79 Å². The number of aliphatic carboxylic acids is 1. The van der Waals surface area contributed by atoms with E-state index in [1.165, 1.54) is 95.2 Å². The Balaban J connectivity index is 1.68. The van der Waals surface area contributed by atoms with Crippen LogP contribution in [-0.4, -0.2) is 42.2 Å². The Hall–Kier alpha value is -3.82. The second-order valence-corrected chi connectivity index (χ2v) is 11.3. The first-order valence-corrected chi connectivity index (χ1v) is 16.2. The molecule has 0 amide bonds. The third kappa shape index (κ3) is 15.1. The van der Waals surface area contributed by atoms with E-state index in [1.807, 2.05) is 0 Å². The van der Waals surface area contributed by atoms with Gasteiger partial charge in [0.05, 0.1) is 29.2 Å². The maximum Gasteiger partial charge on any atom is 0.338 e. The maximum absolute atomic E-state index is 12.5. The molecule has 2 rings (SSSR count). The van der Waals surface area contributed by atoms with E-state index >= 15 is 0 Å². The molecule has 44 heavy (non-hydrogen) atoms. The van der Waals surface area contributed by atoms with Crippen LogP contribution in [0, 0.1) is 10.1 Å². The highest BCUT2D eigenvalue weighted by atomic mass is 16.6. The van der Waals surface area contributed by atoms with Crippen molar-refractivity contribution >= 4 is 34.7 Å². The first kappa shape index (κ1) is 36.4. The lowest BCUT2D eigenvalue weighted by Gasteiger charge is -2.17. The van der Waals surface area contributed by atoms with E-state index in [-0.39, 0.29) is 30.0 Å². The first-order valence-electron chi connectivity index (χ1n) is 16.2. The molecule has 242 valence electrons. The Kier molecular flexibility index (Phi) is 18.0. The third-order valence-electron chi connectivity index (χ3n) is 7.61. The lowest BCUT2D eigenvalue weighted by atomic mass is 10.0. The first-order chi connectivity index (χ1) is 21.3. The number of esters is 1. The van der Waals surface area contributed by atoms with Crippen LogP contribution < -0.4 is 4.90 Å². The van der Waals surface area contributed by atoms with Crippen molar-refractivity contribution in [2.75, 3.05) is 25.1 Å². The minimum Gasteiger partial charge on any atom is -0.481 e. The zero-order valence-corrected chi connectivity index (χ0v) is 26.5. The van der Waals surface area contributed by atoms with Crippen LogP contribution in [0.2, 0.25) is 0 Å². The number of nitro benzene ring substituents is 1. The third-order valence-corrected chi connectivity index (χ3v) is 7.61. The summed E-state index contributed by atoms with van der Waals surface area (Å²) in [7, 11) is 1.79. The minimum absolute atomic E-state index is 0.0185. The Morgan fingerprint density at radius 1 is 0.818 bits per heavy atom. The molecular weight excluding hydrogens is 560 g/mol. The molecule has 0 aliphatic heterocycles. The van der Waals surface area contributed by atoms with Crippen molar-refractivity contribution in [1.82, 2.24) is 0 Å². The summed E-state index contributed by atoms with van der Waals surface area (Å²) in [5.74, 6) is -1.46. The standard InChI is InChI=1S/C34H50N4O6/c1-3-4-5-6-7-8-9-10-11-12-13-14-15-16-17-26-44-34(41)28-18-23-31(32(27-28)38(42)43)36-35-29-19-21-30(22-20-29)37(2)25-24-33(39)40/h18-23,27H,3-17,24-26H2,1-2H3,(H,39,40)/b36-35+. The second kappa shape index (κ2) is 21.8. The van der Waals surface area contributed by atoms with E-state index in [0.717, 1.165) is 24.9 Å². The van der Waals surface area contributed by atoms with Crippen molar-refractivity contribution in [1.29, 1.82) is 0 Å². The fraction of sp³-hybridized carbons (Fsp3) is 0.588. The van der Waals surface area contributed by atoms with E-state index in [4.69, 9.17) is 9.84 Å². The van der Waals surface area contributed by atoms with Crippen molar-refractivity contribution in [2.45, 2.75) is 110 Å². The van der Waals surface area contributed by atoms with Gasteiger partial charge in [-0.15, -0.1) is 5.11 Å². The van der Waals surface area contributed by atoms with Crippen molar-refractivity contribution in [3.05, 3.63) is 58.1 Å². The molecule has 0 aliphatic rings. The molecule has 0 saturated carbocycles. The summed E-state index contributed by atoms with van der Waals surface area (Å²) >= 11 is 0. The minimum atomic E-state index is -0.872. The van der Waals surface area contributed by atoms with Gasteiger partial charge in [0, 0.05) is 25.3 Å². The highest BCUT2D eigenvalue weighted by molar-refractivity contribution is 5.91. The van der Waals surface area contributed by atoms with E-state index < -0.39 is 16.9 Å². The summed E-state index contributed by atoms with van der Waals surface area (Å²) in [5, 5.41) is 28.6. The number of benzene rings is 2. The average Bonchev–Trinajstić information content (AvgIpc) is 3.02. The average molecular weight is 611 g/mol. The maximum atomic E-state index is 12.5. The quantitative estimate of drug-likeness (QED) is 0.0411. The van der Waals surface area contributed by atoms with Crippen LogP contribution in [0.25, 0.3) is 0 Å². The van der Waals surface area contributed by atoms with Crippen LogP contribution in [0.4, 0.5) is 22.7 Å². The zero-order valence-electron chi connectivity index (χ0n) is 26.5. The Morgan fingerprint density at radius 2 is 1.36 bits per heavy atom. The monoisotopic (exact) mass is 610 g/mol. The normalized spacial score (nSPS) is 11.1. The molecule has 0 unspecified atom stereocenters. The number of carboxylic acid groups (broad SMARTS) is 1. The molecule has 2 aromatic rings. The topological polar surface area (TPSA) is 135 Å². The van der Waals surface area contributed by atoms with Crippen LogP contribution in [0.5, 0.6) is 0 Å². The summed E-state index contributed by atoms with van der Waals surface area (Å²) in [6, 6.07) is 10.9. The molecule has 0 heterocycles. The van der Waals surface area contributed by atoms with Gasteiger partial charge in [0.2, 0.25) is 0 Å². The molecule has 1 N–H and O–H groups in total. The second-order valence-electron chi connectivity index (χ2n) is 11.3. The molecular formula is C34H50N4O6. The van der Waals surface area contributed by atoms with E-state index in [9.17, 15) is 19.7 Å². The summed E-state index contributed by atoms with van der Waals surface area (Å²) in [5.41, 5.74) is 1.08. The van der Waals surface area contributed by atoms with E-state index in [1.54, 1.807) is 36.2 Å². The molecule has 0 aliphatic carbocycles. The fourth-order valence-electron chi connectivity index (χ4n) is 4.88. The van der Waals surface area contributed by atoms with Crippen molar-refractivity contribution in [2.24, 2.45) is 10.2 Å². The van der Waals surface area contributed by atoms with Crippen LogP contribution in [-0.2, 0) is 9.53 Å². The van der Waals surface area contributed by atoms with E-state index in [2.05, 4.69) is 17.2 Å². The van der Waals surface area contributed by atoms with Gasteiger partial charge >= 0.3 is 11.9 Å². The summed E-state index contributed by atoms with van der Waals surface area (Å²) in [6.07, 6.45) is 18.9. The van der Waals surface area contributed by atoms with Gasteiger partial charge in [-0.05, 0) is 42.8 Å². The van der Waals surface area contributed by atoms with Crippen LogP contribution >= 0.6 is 0 Å². The molecule has 0 saturated heterocycles. The Bertz CT molecular complexity index is 1170. The number of hydrogen-bond donors (Lipinski definition) is 1. The van der Waals surface area contributed by atoms with Crippen molar-refractivity contribution in [3.63, 3.8) is 0 Å². The van der Waals surface area contributed by atoms with Crippen molar-refractivity contribution < 1.29 is 24.4 Å². The van der Waals surface area contributed by atoms with Gasteiger partial charge in [0.1, 0.15) is 0 Å². The largest absolute Gasteiger partial charge is 0.481 e. The molecule has 0 fully saturated rings. The molecule has 0 atom stereocenters. The lowest BCUT2D eigenvalue weighted by molar-refractivity contribution is -0.384. The predicted molar refractivity (Wildman–Crippen MR) is 174 cm³/mol. The molecule has 0 radical (unpaired) electrons. The molecule has 0 spiro atoms. The number of ether oxygens (including phenoxy) is 1. The van der Waals surface area contributed by atoms with Crippen LogP contribution in [0.3, 0.4) is 0 Å². The van der Waals surface area contributed by atoms with Crippen molar-refractivity contribution in [3.8, 4) is 0 Å². The van der Waals surface area contributed by atoms with Gasteiger partial charge in [-0.1, -0.05) is 96.8 Å². The Labute approximate surface area is 262 Å². The number of anilines is 1. The smallest absolute Gasteiger partial charge is 0.338 e. The SMILES string of the molecule is CCCCCCCCCCCCCCCCCOC(=O)c1ccc(/N=N/c2ccc(N(C)CCC(=O)O)cc2)c([N+](=O)[O-])c1. The zero-order chi connectivity index (χ0) is 32.0. The fourth-order valence-corrected chi connectivity index (χ4v) is 4.88. The number of carbonyl (C=O) groups is 2. The van der Waals surface area contributed by atoms with Gasteiger partial charge in [0.25, 0.3) is 5.69 Å². The van der Waals surface area contributed by atoms with Crippen LogP contribution in [0.1, 0.15) is 120 Å². The number of nitro groups is 1. The molecule has 2 aromatic carbocycles. The molecule has 0 aromatic heterocycles.